The second-order valence-corrected chi connectivity index (χ2v) is 4.90. The van der Waals surface area contributed by atoms with Gasteiger partial charge in [0.2, 0.25) is 0 Å². The van der Waals surface area contributed by atoms with E-state index < -0.39 is 5.91 Å². The number of aromatic nitrogens is 2. The molecule has 0 fully saturated rings. The number of amides is 1. The van der Waals surface area contributed by atoms with Crippen molar-refractivity contribution in [1.82, 2.24) is 15.3 Å². The molecule has 7 nitrogen and oxygen atoms in total. The minimum Gasteiger partial charge on any atom is -0.456 e. The van der Waals surface area contributed by atoms with Crippen LogP contribution < -0.4 is 10.1 Å². The van der Waals surface area contributed by atoms with Crippen LogP contribution in [0.1, 0.15) is 17.6 Å². The van der Waals surface area contributed by atoms with Crippen LogP contribution in [0.2, 0.25) is 0 Å². The van der Waals surface area contributed by atoms with Crippen molar-refractivity contribution in [2.24, 2.45) is 4.99 Å². The summed E-state index contributed by atoms with van der Waals surface area (Å²) in [6, 6.07) is 8.52. The van der Waals surface area contributed by atoms with Crippen molar-refractivity contribution < 1.29 is 11.0 Å². The number of pyridine rings is 2. The van der Waals surface area contributed by atoms with Crippen molar-refractivity contribution in [3.63, 3.8) is 0 Å². The van der Waals surface area contributed by atoms with Crippen LogP contribution in [0.15, 0.2) is 65.7 Å². The first kappa shape index (κ1) is 17.6. The van der Waals surface area contributed by atoms with Crippen molar-refractivity contribution in [3.05, 3.63) is 72.1 Å². The molecule has 0 aliphatic rings. The number of aryl methyl sites for hydroxylation is 1. The Hall–Kier alpha value is -3.79. The number of rotatable bonds is 6. The molecule has 1 amide bonds. The van der Waals surface area contributed by atoms with Crippen LogP contribution in [0.4, 0.5) is 0 Å². The minimum absolute atomic E-state index is 0. The van der Waals surface area contributed by atoms with Gasteiger partial charge in [-0.05, 0) is 31.9 Å². The van der Waals surface area contributed by atoms with Gasteiger partial charge in [-0.2, -0.15) is 5.26 Å². The molecule has 0 saturated carbocycles. The molecule has 0 radical (unpaired) electrons. The first-order valence-electron chi connectivity index (χ1n) is 7.17. The zero-order valence-electron chi connectivity index (χ0n) is 13.6. The highest BCUT2D eigenvalue weighted by Gasteiger charge is 2.12. The fourth-order valence-electron chi connectivity index (χ4n) is 1.85. The Bertz CT molecular complexity index is 888. The first-order chi connectivity index (χ1) is 12.0. The second kappa shape index (κ2) is 8.17. The zero-order valence-corrected chi connectivity index (χ0v) is 13.6. The van der Waals surface area contributed by atoms with Gasteiger partial charge in [-0.15, -0.1) is 0 Å². The van der Waals surface area contributed by atoms with Gasteiger partial charge in [0, 0.05) is 31.0 Å². The largest absolute Gasteiger partial charge is 0.456 e. The van der Waals surface area contributed by atoms with Gasteiger partial charge in [-0.1, -0.05) is 6.58 Å². The molecule has 0 unspecified atom stereocenters. The summed E-state index contributed by atoms with van der Waals surface area (Å²) in [5, 5.41) is 11.3. The van der Waals surface area contributed by atoms with E-state index in [2.05, 4.69) is 33.6 Å². The van der Waals surface area contributed by atoms with Gasteiger partial charge < -0.3 is 10.1 Å². The van der Waals surface area contributed by atoms with E-state index in [-0.39, 0.29) is 18.5 Å². The van der Waals surface area contributed by atoms with Gasteiger partial charge in [0.05, 0.1) is 12.3 Å². The molecule has 2 heterocycles. The normalized spacial score (nSPS) is 10.5. The van der Waals surface area contributed by atoms with Crippen molar-refractivity contribution in [3.8, 4) is 17.6 Å². The highest BCUT2D eigenvalue weighted by molar-refractivity contribution is 5.94. The lowest BCUT2D eigenvalue weighted by Gasteiger charge is -2.09. The van der Waals surface area contributed by atoms with E-state index in [1.54, 1.807) is 37.5 Å². The lowest BCUT2D eigenvalue weighted by atomic mass is 10.2. The van der Waals surface area contributed by atoms with E-state index in [0.29, 0.717) is 17.2 Å². The van der Waals surface area contributed by atoms with E-state index in [1.807, 2.05) is 6.07 Å². The predicted molar refractivity (Wildman–Crippen MR) is 95.3 cm³/mol. The molecule has 0 bridgehead atoms. The molecule has 1 N–H and O–H groups in total. The van der Waals surface area contributed by atoms with E-state index >= 15 is 0 Å². The van der Waals surface area contributed by atoms with Crippen LogP contribution in [0.3, 0.4) is 0 Å². The highest BCUT2D eigenvalue weighted by atomic mass is 16.5. The monoisotopic (exact) mass is 335 g/mol. The van der Waals surface area contributed by atoms with Crippen molar-refractivity contribution in [2.75, 3.05) is 0 Å². The molecule has 0 spiro atoms. The highest BCUT2D eigenvalue weighted by Crippen LogP contribution is 2.21. The molecule has 2 rings (SSSR count). The molecule has 2 aromatic heterocycles. The quantitative estimate of drug-likeness (QED) is 0.496. The Morgan fingerprint density at radius 1 is 1.48 bits per heavy atom. The molecule has 0 aliphatic heterocycles. The van der Waals surface area contributed by atoms with Gasteiger partial charge in [0.1, 0.15) is 23.0 Å². The van der Waals surface area contributed by atoms with E-state index in [4.69, 9.17) is 10.00 Å². The molecule has 2 aromatic rings. The number of nitrogens with zero attached hydrogens (tertiary/aromatic N) is 4. The number of hydrogen-bond donors (Lipinski definition) is 1. The molecule has 0 aromatic carbocycles. The summed E-state index contributed by atoms with van der Waals surface area (Å²) in [5.41, 5.74) is 0.876. The molecule has 0 atom stereocenters. The number of allylic oxidation sites excluding steroid dienone is 2. The number of carbonyl (C=O) groups excluding carboxylic acids is 1. The molecular formula is C18H17N5O2. The molecule has 25 heavy (non-hydrogen) atoms. The number of nitriles is 1. The third-order valence-electron chi connectivity index (χ3n) is 2.90. The average Bonchev–Trinajstić information content (AvgIpc) is 2.61. The van der Waals surface area contributed by atoms with E-state index in [0.717, 1.165) is 0 Å². The Morgan fingerprint density at radius 3 is 2.92 bits per heavy atom. The Morgan fingerprint density at radius 2 is 2.28 bits per heavy atom. The topological polar surface area (TPSA) is 100 Å². The molecule has 7 heteroatoms. The third kappa shape index (κ3) is 5.11. The Balaban J connectivity index is 0.00000338. The lowest BCUT2D eigenvalue weighted by molar-refractivity contribution is 0.0960. The summed E-state index contributed by atoms with van der Waals surface area (Å²) < 4.78 is 5.67. The SMILES string of the molecule is C=N/C(=C\C(=C)C#N)NC(=O)c1cc(Oc2cccnc2)cc(C)n1.[HH]. The van der Waals surface area contributed by atoms with E-state index in [1.165, 1.54) is 12.1 Å². The fourth-order valence-corrected chi connectivity index (χ4v) is 1.85. The van der Waals surface area contributed by atoms with Crippen LogP contribution in [0.25, 0.3) is 0 Å². The smallest absolute Gasteiger partial charge is 0.275 e. The number of hydrogen-bond acceptors (Lipinski definition) is 6. The van der Waals surface area contributed by atoms with Gasteiger partial charge in [0.15, 0.2) is 0 Å². The van der Waals surface area contributed by atoms with Crippen molar-refractivity contribution in [1.29, 1.82) is 5.26 Å². The molecule has 0 aliphatic carbocycles. The standard InChI is InChI=1S/C18H15N5O2.H2/c1-12(10-19)7-17(20-3)23-18(24)16-9-15(8-13(2)22-16)25-14-5-4-6-21-11-14;/h4-9,11H,1,3H2,2H3,(H,23,24);1H/b17-7+;. The van der Waals surface area contributed by atoms with Crippen LogP contribution in [-0.2, 0) is 0 Å². The minimum atomic E-state index is -0.510. The molecule has 126 valence electrons. The summed E-state index contributed by atoms with van der Waals surface area (Å²) in [5.74, 6) is 0.584. The van der Waals surface area contributed by atoms with Gasteiger partial charge >= 0.3 is 0 Å². The van der Waals surface area contributed by atoms with Crippen LogP contribution in [-0.4, -0.2) is 22.6 Å². The number of nitrogens with one attached hydrogen (secondary N) is 1. The predicted octanol–water partition coefficient (Wildman–Crippen LogP) is 3.17. The molecule has 0 saturated heterocycles. The first-order valence-corrected chi connectivity index (χ1v) is 7.17. The maximum absolute atomic E-state index is 12.4. The second-order valence-electron chi connectivity index (χ2n) is 4.90. The van der Waals surface area contributed by atoms with Gasteiger partial charge in [-0.3, -0.25) is 9.78 Å². The van der Waals surface area contributed by atoms with E-state index in [9.17, 15) is 4.79 Å². The van der Waals surface area contributed by atoms with Crippen molar-refractivity contribution in [2.45, 2.75) is 6.92 Å². The zero-order chi connectivity index (χ0) is 18.2. The van der Waals surface area contributed by atoms with Crippen LogP contribution in [0.5, 0.6) is 11.5 Å². The number of aliphatic imine (C=N–C) groups is 1. The van der Waals surface area contributed by atoms with Gasteiger partial charge in [-0.25, -0.2) is 9.98 Å². The maximum atomic E-state index is 12.4. The average molecular weight is 335 g/mol. The number of ether oxygens (including phenoxy) is 1. The maximum Gasteiger partial charge on any atom is 0.275 e. The van der Waals surface area contributed by atoms with Crippen LogP contribution in [0, 0.1) is 18.3 Å². The summed E-state index contributed by atoms with van der Waals surface area (Å²) in [7, 11) is 0. The van der Waals surface area contributed by atoms with Gasteiger partial charge in [0.25, 0.3) is 5.91 Å². The van der Waals surface area contributed by atoms with Crippen molar-refractivity contribution >= 4 is 12.6 Å². The Kier molecular flexibility index (Phi) is 5.74. The summed E-state index contributed by atoms with van der Waals surface area (Å²) in [4.78, 5) is 24.2. The summed E-state index contributed by atoms with van der Waals surface area (Å²) >= 11 is 0. The summed E-state index contributed by atoms with van der Waals surface area (Å²) in [6.45, 7) is 8.59. The Labute approximate surface area is 146 Å². The van der Waals surface area contributed by atoms with Crippen LogP contribution >= 0.6 is 0 Å². The fraction of sp³-hybridized carbons (Fsp3) is 0.0556. The number of carbonyl (C=O) groups is 1. The third-order valence-corrected chi connectivity index (χ3v) is 2.90. The summed E-state index contributed by atoms with van der Waals surface area (Å²) in [6.07, 6.45) is 4.51. The molecular weight excluding hydrogens is 318 g/mol. The lowest BCUT2D eigenvalue weighted by Crippen LogP contribution is -2.23.